The SMILES string of the molecule is Cc1cccc(C)c1C(=O)N(C)CC1(O)CCNC1. The molecule has 0 aromatic heterocycles. The van der Waals surface area contributed by atoms with Gasteiger partial charge < -0.3 is 15.3 Å². The van der Waals surface area contributed by atoms with E-state index in [1.54, 1.807) is 11.9 Å². The molecule has 2 rings (SSSR count). The molecule has 0 spiro atoms. The number of carbonyl (C=O) groups is 1. The van der Waals surface area contributed by atoms with Crippen LogP contribution < -0.4 is 5.32 Å². The van der Waals surface area contributed by atoms with E-state index >= 15 is 0 Å². The first-order valence-electron chi connectivity index (χ1n) is 6.68. The van der Waals surface area contributed by atoms with Gasteiger partial charge in [-0.05, 0) is 37.9 Å². The van der Waals surface area contributed by atoms with Gasteiger partial charge in [0.2, 0.25) is 0 Å². The molecule has 0 saturated carbocycles. The highest BCUT2D eigenvalue weighted by molar-refractivity contribution is 5.96. The van der Waals surface area contributed by atoms with E-state index < -0.39 is 5.60 Å². The Labute approximate surface area is 114 Å². The largest absolute Gasteiger partial charge is 0.387 e. The molecular weight excluding hydrogens is 240 g/mol. The molecule has 104 valence electrons. The van der Waals surface area contributed by atoms with Crippen LogP contribution in [0, 0.1) is 13.8 Å². The van der Waals surface area contributed by atoms with Gasteiger partial charge in [-0.3, -0.25) is 4.79 Å². The number of carbonyl (C=O) groups excluding carboxylic acids is 1. The second-order valence-corrected chi connectivity index (χ2v) is 5.58. The monoisotopic (exact) mass is 262 g/mol. The van der Waals surface area contributed by atoms with Crippen LogP contribution in [0.3, 0.4) is 0 Å². The smallest absolute Gasteiger partial charge is 0.254 e. The molecule has 1 aromatic carbocycles. The molecule has 1 heterocycles. The zero-order valence-corrected chi connectivity index (χ0v) is 11.9. The molecule has 1 fully saturated rings. The maximum atomic E-state index is 12.5. The predicted octanol–water partition coefficient (Wildman–Crippen LogP) is 1.10. The molecule has 1 unspecified atom stereocenters. The molecule has 19 heavy (non-hydrogen) atoms. The van der Waals surface area contributed by atoms with Gasteiger partial charge in [0.1, 0.15) is 0 Å². The summed E-state index contributed by atoms with van der Waals surface area (Å²) in [4.78, 5) is 14.1. The standard InChI is InChI=1S/C15H22N2O2/c1-11-5-4-6-12(2)13(11)14(18)17(3)10-15(19)7-8-16-9-15/h4-6,16,19H,7-10H2,1-3H3. The lowest BCUT2D eigenvalue weighted by Gasteiger charge is -2.28. The number of aliphatic hydroxyl groups is 1. The summed E-state index contributed by atoms with van der Waals surface area (Å²) in [6.45, 7) is 5.62. The predicted molar refractivity (Wildman–Crippen MR) is 75.3 cm³/mol. The Morgan fingerprint density at radius 1 is 1.42 bits per heavy atom. The summed E-state index contributed by atoms with van der Waals surface area (Å²) in [6, 6.07) is 5.84. The quantitative estimate of drug-likeness (QED) is 0.857. The highest BCUT2D eigenvalue weighted by Gasteiger charge is 2.33. The second-order valence-electron chi connectivity index (χ2n) is 5.58. The molecular formula is C15H22N2O2. The third-order valence-electron chi connectivity index (χ3n) is 3.79. The first-order valence-corrected chi connectivity index (χ1v) is 6.68. The van der Waals surface area contributed by atoms with Crippen molar-refractivity contribution in [3.8, 4) is 0 Å². The summed E-state index contributed by atoms with van der Waals surface area (Å²) in [5.41, 5.74) is 1.92. The Morgan fingerprint density at radius 3 is 2.58 bits per heavy atom. The van der Waals surface area contributed by atoms with Crippen LogP contribution in [0.4, 0.5) is 0 Å². The number of amides is 1. The third kappa shape index (κ3) is 2.96. The molecule has 1 amide bonds. The van der Waals surface area contributed by atoms with E-state index in [4.69, 9.17) is 0 Å². The van der Waals surface area contributed by atoms with Gasteiger partial charge in [-0.2, -0.15) is 0 Å². The van der Waals surface area contributed by atoms with E-state index in [1.807, 2.05) is 32.0 Å². The average Bonchev–Trinajstić information content (AvgIpc) is 2.75. The van der Waals surface area contributed by atoms with Crippen LogP contribution in [-0.4, -0.2) is 48.2 Å². The van der Waals surface area contributed by atoms with Crippen molar-refractivity contribution < 1.29 is 9.90 Å². The van der Waals surface area contributed by atoms with Gasteiger partial charge in [0.05, 0.1) is 12.1 Å². The second kappa shape index (κ2) is 5.31. The fraction of sp³-hybridized carbons (Fsp3) is 0.533. The molecule has 1 atom stereocenters. The van der Waals surface area contributed by atoms with Gasteiger partial charge in [0, 0.05) is 19.2 Å². The van der Waals surface area contributed by atoms with Crippen LogP contribution in [0.25, 0.3) is 0 Å². The summed E-state index contributed by atoms with van der Waals surface area (Å²) >= 11 is 0. The minimum atomic E-state index is -0.791. The Balaban J connectivity index is 2.15. The van der Waals surface area contributed by atoms with Gasteiger partial charge in [0.25, 0.3) is 5.91 Å². The highest BCUT2D eigenvalue weighted by Crippen LogP contribution is 2.19. The van der Waals surface area contributed by atoms with Crippen LogP contribution in [-0.2, 0) is 0 Å². The molecule has 4 heteroatoms. The average molecular weight is 262 g/mol. The van der Waals surface area contributed by atoms with Gasteiger partial charge in [-0.1, -0.05) is 18.2 Å². The van der Waals surface area contributed by atoms with Crippen LogP contribution >= 0.6 is 0 Å². The van der Waals surface area contributed by atoms with E-state index in [-0.39, 0.29) is 5.91 Å². The van der Waals surface area contributed by atoms with E-state index in [0.717, 1.165) is 23.2 Å². The normalized spacial score (nSPS) is 22.5. The molecule has 1 saturated heterocycles. The lowest BCUT2D eigenvalue weighted by atomic mass is 9.99. The van der Waals surface area contributed by atoms with Crippen molar-refractivity contribution in [1.29, 1.82) is 0 Å². The number of nitrogens with one attached hydrogen (secondary N) is 1. The van der Waals surface area contributed by atoms with Crippen LogP contribution in [0.2, 0.25) is 0 Å². The van der Waals surface area contributed by atoms with Crippen LogP contribution in [0.1, 0.15) is 27.9 Å². The lowest BCUT2D eigenvalue weighted by Crippen LogP contribution is -2.45. The van der Waals surface area contributed by atoms with E-state index in [2.05, 4.69) is 5.32 Å². The maximum absolute atomic E-state index is 12.5. The topological polar surface area (TPSA) is 52.6 Å². The molecule has 0 radical (unpaired) electrons. The highest BCUT2D eigenvalue weighted by atomic mass is 16.3. The molecule has 0 bridgehead atoms. The zero-order valence-electron chi connectivity index (χ0n) is 11.9. The number of β-amino-alcohol motifs (C(OH)–C–C–N with tert-alkyl or cyclic N) is 1. The first kappa shape index (κ1) is 14.0. The van der Waals surface area contributed by atoms with Gasteiger partial charge >= 0.3 is 0 Å². The van der Waals surface area contributed by atoms with E-state index in [0.29, 0.717) is 19.5 Å². The number of hydrogen-bond acceptors (Lipinski definition) is 3. The summed E-state index contributed by atoms with van der Waals surface area (Å²) in [7, 11) is 1.75. The number of benzene rings is 1. The first-order chi connectivity index (χ1) is 8.93. The number of nitrogens with zero attached hydrogens (tertiary/aromatic N) is 1. The van der Waals surface area contributed by atoms with Crippen molar-refractivity contribution in [3.63, 3.8) is 0 Å². The van der Waals surface area contributed by atoms with E-state index in [9.17, 15) is 9.90 Å². The van der Waals surface area contributed by atoms with Crippen molar-refractivity contribution in [2.24, 2.45) is 0 Å². The number of rotatable bonds is 3. The van der Waals surface area contributed by atoms with Crippen molar-refractivity contribution in [2.75, 3.05) is 26.7 Å². The Kier molecular flexibility index (Phi) is 3.92. The molecule has 2 N–H and O–H groups in total. The molecule has 0 aliphatic carbocycles. The Hall–Kier alpha value is -1.39. The van der Waals surface area contributed by atoms with Gasteiger partial charge in [-0.25, -0.2) is 0 Å². The summed E-state index contributed by atoms with van der Waals surface area (Å²) in [6.07, 6.45) is 0.692. The van der Waals surface area contributed by atoms with Crippen molar-refractivity contribution in [1.82, 2.24) is 10.2 Å². The lowest BCUT2D eigenvalue weighted by molar-refractivity contribution is 0.0252. The summed E-state index contributed by atoms with van der Waals surface area (Å²) in [5, 5.41) is 13.5. The third-order valence-corrected chi connectivity index (χ3v) is 3.79. The van der Waals surface area contributed by atoms with Crippen molar-refractivity contribution in [2.45, 2.75) is 25.9 Å². The Morgan fingerprint density at radius 2 is 2.05 bits per heavy atom. The zero-order chi connectivity index (χ0) is 14.0. The molecule has 4 nitrogen and oxygen atoms in total. The number of hydrogen-bond donors (Lipinski definition) is 2. The van der Waals surface area contributed by atoms with Gasteiger partial charge in [-0.15, -0.1) is 0 Å². The molecule has 1 aliphatic heterocycles. The molecule has 1 aromatic rings. The van der Waals surface area contributed by atoms with Crippen molar-refractivity contribution >= 4 is 5.91 Å². The Bertz CT molecular complexity index is 459. The maximum Gasteiger partial charge on any atom is 0.254 e. The fourth-order valence-electron chi connectivity index (χ4n) is 2.72. The fourth-order valence-corrected chi connectivity index (χ4v) is 2.72. The number of aryl methyl sites for hydroxylation is 2. The van der Waals surface area contributed by atoms with Gasteiger partial charge in [0.15, 0.2) is 0 Å². The minimum absolute atomic E-state index is 0.0177. The summed E-state index contributed by atoms with van der Waals surface area (Å²) in [5.74, 6) is -0.0177. The van der Waals surface area contributed by atoms with E-state index in [1.165, 1.54) is 0 Å². The summed E-state index contributed by atoms with van der Waals surface area (Å²) < 4.78 is 0. The minimum Gasteiger partial charge on any atom is -0.387 e. The van der Waals surface area contributed by atoms with Crippen LogP contribution in [0.15, 0.2) is 18.2 Å². The number of likely N-dealkylation sites (N-methyl/N-ethyl adjacent to an activating group) is 1. The van der Waals surface area contributed by atoms with Crippen molar-refractivity contribution in [3.05, 3.63) is 34.9 Å². The molecule has 1 aliphatic rings. The van der Waals surface area contributed by atoms with Crippen LogP contribution in [0.5, 0.6) is 0 Å².